The van der Waals surface area contributed by atoms with Gasteiger partial charge in [-0.1, -0.05) is 24.3 Å². The first-order valence-corrected chi connectivity index (χ1v) is 4.77. The molecule has 4 heteroatoms. The van der Waals surface area contributed by atoms with E-state index in [0.717, 1.165) is 13.1 Å². The van der Waals surface area contributed by atoms with Crippen LogP contribution in [0.25, 0.3) is 11.0 Å². The summed E-state index contributed by atoms with van der Waals surface area (Å²) in [5.41, 5.74) is 2.54. The SMILES string of the molecule is CCn1[c-][n+](CC)c2ccccc21.[Au+].[Cl-]. The third-order valence-corrected chi connectivity index (χ3v) is 2.34. The molecular weight excluding hydrogens is 393 g/mol. The summed E-state index contributed by atoms with van der Waals surface area (Å²) < 4.78 is 4.30. The van der Waals surface area contributed by atoms with Gasteiger partial charge in [0.1, 0.15) is 0 Å². The molecule has 15 heavy (non-hydrogen) atoms. The second-order valence-electron chi connectivity index (χ2n) is 3.08. The molecule has 0 saturated heterocycles. The average molecular weight is 407 g/mol. The Kier molecular flexibility index (Phi) is 6.22. The van der Waals surface area contributed by atoms with Gasteiger partial charge in [0.05, 0.1) is 13.1 Å². The third-order valence-electron chi connectivity index (χ3n) is 2.34. The minimum Gasteiger partial charge on any atom is -1.00 e. The number of halogens is 1. The first-order chi connectivity index (χ1) is 6.36. The van der Waals surface area contributed by atoms with Crippen LogP contribution >= 0.6 is 0 Å². The Morgan fingerprint density at radius 2 is 1.93 bits per heavy atom. The summed E-state index contributed by atoms with van der Waals surface area (Å²) in [6, 6.07) is 8.42. The molecule has 0 aliphatic heterocycles. The largest absolute Gasteiger partial charge is 1.00 e. The first-order valence-electron chi connectivity index (χ1n) is 4.77. The molecule has 0 spiro atoms. The molecule has 2 nitrogen and oxygen atoms in total. The predicted octanol–water partition coefficient (Wildman–Crippen LogP) is -1.23. The van der Waals surface area contributed by atoms with E-state index in [1.54, 1.807) is 0 Å². The molecular formula is C11H14AuClN2. The number of nitrogens with zero attached hydrogens (tertiary/aromatic N) is 2. The van der Waals surface area contributed by atoms with Crippen LogP contribution in [0.4, 0.5) is 0 Å². The van der Waals surface area contributed by atoms with Gasteiger partial charge in [0.2, 0.25) is 6.33 Å². The number of benzene rings is 1. The van der Waals surface area contributed by atoms with Crippen molar-refractivity contribution in [3.05, 3.63) is 30.6 Å². The fourth-order valence-electron chi connectivity index (χ4n) is 1.66. The van der Waals surface area contributed by atoms with Gasteiger partial charge < -0.3 is 21.5 Å². The number of aryl methyl sites for hydroxylation is 2. The van der Waals surface area contributed by atoms with Gasteiger partial charge in [-0.25, -0.2) is 0 Å². The first kappa shape index (κ1) is 14.7. The van der Waals surface area contributed by atoms with Gasteiger partial charge in [-0.3, -0.25) is 0 Å². The van der Waals surface area contributed by atoms with E-state index in [-0.39, 0.29) is 34.8 Å². The Balaban J connectivity index is 0.000000980. The molecule has 0 N–H and O–H groups in total. The summed E-state index contributed by atoms with van der Waals surface area (Å²) in [5, 5.41) is 0. The summed E-state index contributed by atoms with van der Waals surface area (Å²) in [6.45, 7) is 6.24. The zero-order chi connectivity index (χ0) is 9.26. The van der Waals surface area contributed by atoms with Gasteiger partial charge in [-0.2, -0.15) is 0 Å². The molecule has 0 amide bonds. The van der Waals surface area contributed by atoms with Crippen molar-refractivity contribution in [3.63, 3.8) is 0 Å². The van der Waals surface area contributed by atoms with Crippen LogP contribution in [-0.2, 0) is 35.5 Å². The standard InChI is InChI=1S/C11H14N2.Au.ClH/c1-3-12-9-13(4-2)11-8-6-5-7-10(11)12;;/h5-8H,3-4H2,1-2H3;;1H/q;+1;/p-1. The van der Waals surface area contributed by atoms with Crippen molar-refractivity contribution >= 4 is 11.0 Å². The van der Waals surface area contributed by atoms with Crippen molar-refractivity contribution < 1.29 is 39.4 Å². The monoisotopic (exact) mass is 406 g/mol. The molecule has 0 bridgehead atoms. The van der Waals surface area contributed by atoms with E-state index >= 15 is 0 Å². The minimum absolute atomic E-state index is 0. The Bertz CT molecular complexity index is 387. The van der Waals surface area contributed by atoms with E-state index in [0.29, 0.717) is 0 Å². The summed E-state index contributed by atoms with van der Waals surface area (Å²) in [6.07, 6.45) is 3.32. The summed E-state index contributed by atoms with van der Waals surface area (Å²) in [4.78, 5) is 0. The van der Waals surface area contributed by atoms with Crippen LogP contribution in [0.1, 0.15) is 13.8 Å². The van der Waals surface area contributed by atoms with Crippen molar-refractivity contribution in [2.75, 3.05) is 0 Å². The maximum atomic E-state index is 3.32. The quantitative estimate of drug-likeness (QED) is 0.336. The van der Waals surface area contributed by atoms with Gasteiger partial charge >= 0.3 is 22.4 Å². The molecule has 2 aromatic rings. The summed E-state index contributed by atoms with van der Waals surface area (Å²) in [5.74, 6) is 0. The number of rotatable bonds is 2. The van der Waals surface area contributed by atoms with Crippen molar-refractivity contribution in [3.8, 4) is 0 Å². The number of fused-ring (bicyclic) bond motifs is 1. The van der Waals surface area contributed by atoms with Crippen molar-refractivity contribution in [1.29, 1.82) is 0 Å². The second-order valence-corrected chi connectivity index (χ2v) is 3.08. The van der Waals surface area contributed by atoms with E-state index in [1.165, 1.54) is 11.0 Å². The van der Waals surface area contributed by atoms with Crippen LogP contribution in [0.5, 0.6) is 0 Å². The van der Waals surface area contributed by atoms with E-state index in [9.17, 15) is 0 Å². The van der Waals surface area contributed by atoms with Crippen LogP contribution in [-0.4, -0.2) is 4.57 Å². The number of imidazole rings is 1. The van der Waals surface area contributed by atoms with Crippen molar-refractivity contribution in [2.45, 2.75) is 26.9 Å². The van der Waals surface area contributed by atoms with Crippen LogP contribution in [0.15, 0.2) is 24.3 Å². The number of hydrogen-bond donors (Lipinski definition) is 0. The van der Waals surface area contributed by atoms with E-state index in [1.807, 2.05) is 0 Å². The average Bonchev–Trinajstić information content (AvgIpc) is 2.56. The Labute approximate surface area is 112 Å². The fourth-order valence-corrected chi connectivity index (χ4v) is 1.66. The number of hydrogen-bond acceptors (Lipinski definition) is 0. The van der Waals surface area contributed by atoms with Crippen LogP contribution in [0.3, 0.4) is 0 Å². The Morgan fingerprint density at radius 1 is 1.27 bits per heavy atom. The molecule has 1 heterocycles. The van der Waals surface area contributed by atoms with Crippen LogP contribution in [0.2, 0.25) is 0 Å². The van der Waals surface area contributed by atoms with Crippen molar-refractivity contribution in [1.82, 2.24) is 4.57 Å². The summed E-state index contributed by atoms with van der Waals surface area (Å²) >= 11 is 0. The molecule has 0 radical (unpaired) electrons. The Hall–Kier alpha value is -0.280. The maximum absolute atomic E-state index is 3.32. The normalized spacial score (nSPS) is 9.47. The van der Waals surface area contributed by atoms with Crippen molar-refractivity contribution in [2.24, 2.45) is 0 Å². The molecule has 0 aliphatic carbocycles. The number of para-hydroxylation sites is 2. The van der Waals surface area contributed by atoms with E-state index < -0.39 is 0 Å². The van der Waals surface area contributed by atoms with Gasteiger partial charge in [0, 0.05) is 11.0 Å². The zero-order valence-electron chi connectivity index (χ0n) is 8.80. The minimum atomic E-state index is 0. The molecule has 0 unspecified atom stereocenters. The zero-order valence-corrected chi connectivity index (χ0v) is 11.7. The van der Waals surface area contributed by atoms with Gasteiger partial charge in [-0.15, -0.1) is 0 Å². The molecule has 0 atom stereocenters. The van der Waals surface area contributed by atoms with Gasteiger partial charge in [-0.05, 0) is 13.8 Å². The maximum Gasteiger partial charge on any atom is 1.00 e. The molecule has 0 fully saturated rings. The second kappa shape index (κ2) is 6.33. The number of aromatic nitrogens is 2. The molecule has 1 aromatic carbocycles. The molecule has 86 valence electrons. The molecule has 2 rings (SSSR count). The molecule has 0 saturated carbocycles. The third kappa shape index (κ3) is 2.64. The summed E-state index contributed by atoms with van der Waals surface area (Å²) in [7, 11) is 0. The van der Waals surface area contributed by atoms with E-state index in [4.69, 9.17) is 0 Å². The van der Waals surface area contributed by atoms with E-state index in [2.05, 4.69) is 53.6 Å². The molecule has 0 aliphatic rings. The van der Waals surface area contributed by atoms with Gasteiger partial charge in [0.15, 0.2) is 0 Å². The van der Waals surface area contributed by atoms with Crippen LogP contribution < -0.4 is 17.0 Å². The fraction of sp³-hybridized carbons (Fsp3) is 0.364. The Morgan fingerprint density at radius 3 is 2.53 bits per heavy atom. The molecule has 1 aromatic heterocycles. The topological polar surface area (TPSA) is 8.81 Å². The van der Waals surface area contributed by atoms with Gasteiger partial charge in [0.25, 0.3) is 0 Å². The van der Waals surface area contributed by atoms with Crippen LogP contribution in [0, 0.1) is 6.33 Å². The predicted molar refractivity (Wildman–Crippen MR) is 52.3 cm³/mol. The smallest absolute Gasteiger partial charge is 1.00 e.